The molecular weight excluding hydrogens is 640 g/mol. The number of aryl methyl sites for hydroxylation is 6. The molecule has 2 heterocycles. The number of rotatable bonds is 8. The summed E-state index contributed by atoms with van der Waals surface area (Å²) >= 11 is 0. The van der Waals surface area contributed by atoms with Crippen LogP contribution in [0.4, 0.5) is 0 Å². The van der Waals surface area contributed by atoms with Gasteiger partial charge in [-0.25, -0.2) is 19.6 Å². The van der Waals surface area contributed by atoms with Gasteiger partial charge in [0.2, 0.25) is 11.8 Å². The summed E-state index contributed by atoms with van der Waals surface area (Å²) in [5, 5.41) is 9.47. The van der Waals surface area contributed by atoms with Gasteiger partial charge in [0.1, 0.15) is 22.6 Å². The minimum absolute atomic E-state index is 0. The monoisotopic (exact) mass is 682 g/mol. The van der Waals surface area contributed by atoms with Crippen molar-refractivity contribution in [3.63, 3.8) is 0 Å². The maximum atomic E-state index is 12.2. The third-order valence-corrected chi connectivity index (χ3v) is 8.10. The molecule has 8 nitrogen and oxygen atoms in total. The van der Waals surface area contributed by atoms with Crippen molar-refractivity contribution in [2.75, 3.05) is 7.11 Å². The Bertz CT molecular complexity index is 2160. The maximum Gasteiger partial charge on any atom is 0.343 e. The van der Waals surface area contributed by atoms with E-state index in [1.165, 1.54) is 13.2 Å². The van der Waals surface area contributed by atoms with Crippen LogP contribution >= 0.6 is 0 Å². The first kappa shape index (κ1) is 36.0. The fourth-order valence-corrected chi connectivity index (χ4v) is 5.85. The molecule has 0 saturated carbocycles. The predicted octanol–water partition coefficient (Wildman–Crippen LogP) is 10.7. The second-order valence-corrected chi connectivity index (χ2v) is 12.3. The molecule has 51 heavy (non-hydrogen) atoms. The largest absolute Gasteiger partial charge is 0.477 e. The van der Waals surface area contributed by atoms with Crippen LogP contribution in [0.15, 0.2) is 109 Å². The number of carbonyl (C=O) groups excluding carboxylic acids is 1. The highest BCUT2D eigenvalue weighted by molar-refractivity contribution is 5.92. The highest BCUT2D eigenvalue weighted by Crippen LogP contribution is 2.34. The standard InChI is InChI=1S/C22H21NO3.C21H19NO3.H2/c1-14-12-15(2)20(16(3)13-14)26-21-18(22(24)25-4)10-11-19(23-21)17-8-6-5-7-9-17;1-13-11-14(2)19(15(3)12-13)25-20-17(21(23)24)9-10-18(22-20)16-7-5-4-6-8-16;/h5-13H,1-4H3;4-12H,1-3H3,(H,23,24);1H. The lowest BCUT2D eigenvalue weighted by Crippen LogP contribution is -2.06. The van der Waals surface area contributed by atoms with Crippen molar-refractivity contribution in [2.24, 2.45) is 0 Å². The Hall–Kier alpha value is -6.28. The number of hydrogen-bond donors (Lipinski definition) is 1. The van der Waals surface area contributed by atoms with Gasteiger partial charge in [0.05, 0.1) is 18.5 Å². The van der Waals surface area contributed by atoms with Crippen molar-refractivity contribution in [2.45, 2.75) is 41.5 Å². The van der Waals surface area contributed by atoms with Gasteiger partial charge in [-0.05, 0) is 88.1 Å². The Kier molecular flexibility index (Phi) is 11.3. The van der Waals surface area contributed by atoms with Crippen LogP contribution in [0, 0.1) is 41.5 Å². The normalized spacial score (nSPS) is 10.5. The second-order valence-electron chi connectivity index (χ2n) is 12.3. The van der Waals surface area contributed by atoms with E-state index in [0.29, 0.717) is 22.8 Å². The Morgan fingerprint density at radius 2 is 0.922 bits per heavy atom. The fraction of sp³-hybridized carbons (Fsp3) is 0.163. The number of ether oxygens (including phenoxy) is 3. The van der Waals surface area contributed by atoms with Gasteiger partial charge < -0.3 is 19.3 Å². The van der Waals surface area contributed by atoms with E-state index in [4.69, 9.17) is 14.2 Å². The van der Waals surface area contributed by atoms with E-state index in [2.05, 4.69) is 9.97 Å². The van der Waals surface area contributed by atoms with Crippen LogP contribution in [0.25, 0.3) is 22.5 Å². The summed E-state index contributed by atoms with van der Waals surface area (Å²) < 4.78 is 16.9. The molecule has 6 rings (SSSR count). The Labute approximate surface area is 299 Å². The summed E-state index contributed by atoms with van der Waals surface area (Å²) in [5.41, 5.74) is 9.76. The highest BCUT2D eigenvalue weighted by Gasteiger charge is 2.20. The summed E-state index contributed by atoms with van der Waals surface area (Å²) in [4.78, 5) is 32.8. The maximum absolute atomic E-state index is 12.2. The van der Waals surface area contributed by atoms with E-state index in [1.54, 1.807) is 18.2 Å². The Morgan fingerprint density at radius 1 is 0.549 bits per heavy atom. The van der Waals surface area contributed by atoms with Gasteiger partial charge in [0.15, 0.2) is 0 Å². The van der Waals surface area contributed by atoms with E-state index < -0.39 is 11.9 Å². The molecule has 1 N–H and O–H groups in total. The SMILES string of the molecule is COC(=O)c1ccc(-c2ccccc2)nc1Oc1c(C)cc(C)cc1C.Cc1cc(C)c(Oc2nc(-c3ccccc3)ccc2C(=O)O)c(C)c1.[HH]. The fourth-order valence-electron chi connectivity index (χ4n) is 5.85. The molecular formula is C43H42N2O6. The van der Waals surface area contributed by atoms with Crippen molar-refractivity contribution >= 4 is 11.9 Å². The lowest BCUT2D eigenvalue weighted by molar-refractivity contribution is 0.0596. The van der Waals surface area contributed by atoms with Crippen LogP contribution < -0.4 is 9.47 Å². The second kappa shape index (κ2) is 16.0. The highest BCUT2D eigenvalue weighted by atomic mass is 16.5. The molecule has 0 aliphatic carbocycles. The lowest BCUT2D eigenvalue weighted by Gasteiger charge is -2.15. The molecule has 0 fully saturated rings. The minimum atomic E-state index is -1.07. The summed E-state index contributed by atoms with van der Waals surface area (Å²) in [6, 6.07) is 34.2. The van der Waals surface area contributed by atoms with E-state index in [9.17, 15) is 14.7 Å². The third kappa shape index (κ3) is 8.66. The van der Waals surface area contributed by atoms with E-state index in [1.807, 2.05) is 126 Å². The van der Waals surface area contributed by atoms with Gasteiger partial charge in [0.25, 0.3) is 0 Å². The summed E-state index contributed by atoms with van der Waals surface area (Å²) in [5.74, 6) is 0.153. The van der Waals surface area contributed by atoms with Crippen molar-refractivity contribution in [1.29, 1.82) is 0 Å². The topological polar surface area (TPSA) is 108 Å². The predicted molar refractivity (Wildman–Crippen MR) is 201 cm³/mol. The zero-order valence-corrected chi connectivity index (χ0v) is 29.8. The van der Waals surface area contributed by atoms with Crippen molar-refractivity contribution in [3.05, 3.63) is 154 Å². The molecule has 0 aliphatic heterocycles. The van der Waals surface area contributed by atoms with Crippen LogP contribution in [-0.2, 0) is 4.74 Å². The van der Waals surface area contributed by atoms with E-state index >= 15 is 0 Å². The first-order chi connectivity index (χ1) is 24.4. The number of carboxylic acids is 1. The molecule has 0 bridgehead atoms. The molecule has 0 amide bonds. The lowest BCUT2D eigenvalue weighted by atomic mass is 10.1. The number of nitrogens with zero attached hydrogens (tertiary/aromatic N) is 2. The zero-order valence-electron chi connectivity index (χ0n) is 29.8. The summed E-state index contributed by atoms with van der Waals surface area (Å²) in [6.07, 6.45) is 0. The molecule has 8 heteroatoms. The van der Waals surface area contributed by atoms with Gasteiger partial charge in [-0.1, -0.05) is 96.1 Å². The number of methoxy groups -OCH3 is 1. The number of aromatic nitrogens is 2. The van der Waals surface area contributed by atoms with Crippen LogP contribution in [0.1, 0.15) is 55.5 Å². The molecule has 6 aromatic rings. The average molecular weight is 683 g/mol. The van der Waals surface area contributed by atoms with Crippen LogP contribution in [-0.4, -0.2) is 34.1 Å². The van der Waals surface area contributed by atoms with Gasteiger partial charge in [-0.3, -0.25) is 0 Å². The minimum Gasteiger partial charge on any atom is -0.477 e. The number of esters is 1. The Balaban J connectivity index is 0.000000228. The Morgan fingerprint density at radius 3 is 1.29 bits per heavy atom. The van der Waals surface area contributed by atoms with Gasteiger partial charge in [-0.2, -0.15) is 0 Å². The number of pyridine rings is 2. The third-order valence-electron chi connectivity index (χ3n) is 8.10. The van der Waals surface area contributed by atoms with Gasteiger partial charge >= 0.3 is 11.9 Å². The molecule has 0 spiro atoms. The number of carbonyl (C=O) groups is 2. The van der Waals surface area contributed by atoms with Crippen LogP contribution in [0.5, 0.6) is 23.3 Å². The number of hydrogen-bond acceptors (Lipinski definition) is 7. The van der Waals surface area contributed by atoms with Crippen LogP contribution in [0.3, 0.4) is 0 Å². The van der Waals surface area contributed by atoms with Gasteiger partial charge in [0, 0.05) is 12.6 Å². The molecule has 0 unspecified atom stereocenters. The zero-order chi connectivity index (χ0) is 36.7. The van der Waals surface area contributed by atoms with Crippen molar-refractivity contribution in [3.8, 4) is 45.8 Å². The van der Waals surface area contributed by atoms with E-state index in [0.717, 1.165) is 50.2 Å². The molecule has 4 aromatic carbocycles. The number of aromatic carboxylic acids is 1. The molecule has 0 aliphatic rings. The van der Waals surface area contributed by atoms with E-state index in [-0.39, 0.29) is 18.8 Å². The van der Waals surface area contributed by atoms with Gasteiger partial charge in [-0.15, -0.1) is 0 Å². The van der Waals surface area contributed by atoms with Crippen LogP contribution in [0.2, 0.25) is 0 Å². The molecule has 260 valence electrons. The molecule has 0 atom stereocenters. The molecule has 2 aromatic heterocycles. The number of carboxylic acid groups (broad SMARTS) is 1. The quantitative estimate of drug-likeness (QED) is 0.158. The molecule has 0 radical (unpaired) electrons. The first-order valence-corrected chi connectivity index (χ1v) is 16.4. The summed E-state index contributed by atoms with van der Waals surface area (Å²) in [6.45, 7) is 11.9. The van der Waals surface area contributed by atoms with Crippen molar-refractivity contribution in [1.82, 2.24) is 9.97 Å². The number of benzene rings is 4. The molecule has 0 saturated heterocycles. The van der Waals surface area contributed by atoms with Crippen molar-refractivity contribution < 1.29 is 30.3 Å². The first-order valence-electron chi connectivity index (χ1n) is 16.4. The average Bonchev–Trinajstić information content (AvgIpc) is 3.11. The smallest absolute Gasteiger partial charge is 0.343 e. The summed E-state index contributed by atoms with van der Waals surface area (Å²) in [7, 11) is 1.35.